The Morgan fingerprint density at radius 3 is 0.763 bits per heavy atom. The van der Waals surface area contributed by atoms with Crippen LogP contribution in [0.2, 0.25) is 0 Å². The number of rotatable bonds is 71. The van der Waals surface area contributed by atoms with Crippen molar-refractivity contribution in [1.82, 2.24) is 0 Å². The van der Waals surface area contributed by atoms with Gasteiger partial charge in [0.2, 0.25) is 0 Å². The lowest BCUT2D eigenvalue weighted by Gasteiger charge is -2.21. The number of hydrogen-bond donors (Lipinski definition) is 3. The predicted molar refractivity (Wildman–Crippen MR) is 377 cm³/mol. The minimum Gasteiger partial charge on any atom is -0.462 e. The van der Waals surface area contributed by atoms with Crippen molar-refractivity contribution >= 4 is 39.5 Å². The molecule has 19 heteroatoms. The third kappa shape index (κ3) is 65.8. The topological polar surface area (TPSA) is 237 Å². The molecule has 0 rings (SSSR count). The second kappa shape index (κ2) is 63.5. The molecule has 7 atom stereocenters. The highest BCUT2D eigenvalue weighted by atomic mass is 31.2. The summed E-state index contributed by atoms with van der Waals surface area (Å²) in [5, 5.41) is 10.6. The summed E-state index contributed by atoms with van der Waals surface area (Å²) in [5.41, 5.74) is 0. The molecule has 93 heavy (non-hydrogen) atoms. The predicted octanol–water partition coefficient (Wildman–Crippen LogP) is 21.3. The van der Waals surface area contributed by atoms with Crippen LogP contribution in [0.1, 0.15) is 370 Å². The first kappa shape index (κ1) is 91.1. The average molecular weight is 1370 g/mol. The summed E-state index contributed by atoms with van der Waals surface area (Å²) in [6.45, 7) is 14.1. The molecule has 0 amide bonds. The first-order valence-electron chi connectivity index (χ1n) is 38.3. The summed E-state index contributed by atoms with van der Waals surface area (Å²) in [5.74, 6) is 0.889. The van der Waals surface area contributed by atoms with Gasteiger partial charge in [0.1, 0.15) is 19.3 Å². The van der Waals surface area contributed by atoms with Crippen molar-refractivity contribution in [3.63, 3.8) is 0 Å². The van der Waals surface area contributed by atoms with E-state index < -0.39 is 97.5 Å². The minimum absolute atomic E-state index is 0.104. The van der Waals surface area contributed by atoms with Crippen molar-refractivity contribution in [2.75, 3.05) is 39.6 Å². The SMILES string of the molecule is CCC(C)CCCCCCCCCCCCCCCCCCCCC(=O)O[C@H](COC(=O)CCCCCCCCC(C)CC)COP(=O)(O)OC[C@@H](O)COP(=O)(O)OC[C@@H](COC(=O)CCCCCCCCC(C)C)OC(=O)CCCCCCCCCCCC(C)C. The molecule has 552 valence electrons. The second-order valence-corrected chi connectivity index (χ2v) is 31.0. The first-order valence-corrected chi connectivity index (χ1v) is 41.3. The molecular formula is C74H144O17P2. The number of hydrogen-bond acceptors (Lipinski definition) is 15. The van der Waals surface area contributed by atoms with Gasteiger partial charge in [0.15, 0.2) is 12.2 Å². The Morgan fingerprint density at radius 2 is 0.516 bits per heavy atom. The van der Waals surface area contributed by atoms with Gasteiger partial charge in [-0.3, -0.25) is 37.3 Å². The minimum atomic E-state index is -4.96. The number of carbonyl (C=O) groups is 4. The van der Waals surface area contributed by atoms with E-state index in [9.17, 15) is 43.2 Å². The molecular weight excluding hydrogens is 1220 g/mol. The van der Waals surface area contributed by atoms with Gasteiger partial charge in [-0.1, -0.05) is 319 Å². The van der Waals surface area contributed by atoms with Crippen LogP contribution in [0.5, 0.6) is 0 Å². The first-order chi connectivity index (χ1) is 44.7. The molecule has 4 unspecified atom stereocenters. The van der Waals surface area contributed by atoms with Gasteiger partial charge in [0.25, 0.3) is 0 Å². The van der Waals surface area contributed by atoms with E-state index in [0.29, 0.717) is 31.6 Å². The Bertz CT molecular complexity index is 1840. The standard InChI is InChI=1S/C74H144O17P2/c1-9-66(7)52-44-36-27-23-19-17-15-13-11-12-14-16-18-20-24-28-40-48-56-73(78)90-70(61-85-72(77)55-47-39-33-31-37-45-53-67(8)10-2)63-89-93(82,83)87-59-68(75)58-86-92(80,81)88-62-69(60-84-71(76)54-46-38-32-30-35-43-51-65(5)6)91-74(79)57-49-41-29-25-21-22-26-34-42-50-64(3)4/h64-70,75H,9-63H2,1-8H3,(H,80,81)(H,82,83)/t66?,67?,68-,69+,70+/m0/s1. The zero-order valence-corrected chi connectivity index (χ0v) is 62.7. The van der Waals surface area contributed by atoms with Gasteiger partial charge in [0, 0.05) is 25.7 Å². The van der Waals surface area contributed by atoms with Crippen molar-refractivity contribution in [2.24, 2.45) is 23.7 Å². The molecule has 0 fully saturated rings. The van der Waals surface area contributed by atoms with E-state index in [1.165, 1.54) is 161 Å². The molecule has 0 aliphatic heterocycles. The molecule has 0 aromatic carbocycles. The van der Waals surface area contributed by atoms with Crippen LogP contribution in [0.15, 0.2) is 0 Å². The van der Waals surface area contributed by atoms with Gasteiger partial charge in [-0.15, -0.1) is 0 Å². The molecule has 0 aromatic heterocycles. The number of phosphoric acid groups is 2. The van der Waals surface area contributed by atoms with Gasteiger partial charge >= 0.3 is 39.5 Å². The van der Waals surface area contributed by atoms with Gasteiger partial charge in [-0.25, -0.2) is 9.13 Å². The van der Waals surface area contributed by atoms with Crippen LogP contribution in [0.25, 0.3) is 0 Å². The average Bonchev–Trinajstić information content (AvgIpc) is 2.40. The highest BCUT2D eigenvalue weighted by Gasteiger charge is 2.30. The summed E-state index contributed by atoms with van der Waals surface area (Å²) >= 11 is 0. The maximum Gasteiger partial charge on any atom is 0.472 e. The van der Waals surface area contributed by atoms with Crippen LogP contribution in [0, 0.1) is 23.7 Å². The molecule has 0 saturated carbocycles. The Kier molecular flexibility index (Phi) is 62.2. The molecule has 17 nitrogen and oxygen atoms in total. The lowest BCUT2D eigenvalue weighted by Crippen LogP contribution is -2.30. The summed E-state index contributed by atoms with van der Waals surface area (Å²) in [6.07, 6.45) is 47.5. The Balaban J connectivity index is 5.15. The largest absolute Gasteiger partial charge is 0.472 e. The van der Waals surface area contributed by atoms with Crippen molar-refractivity contribution in [2.45, 2.75) is 388 Å². The second-order valence-electron chi connectivity index (χ2n) is 28.1. The number of aliphatic hydroxyl groups is 1. The van der Waals surface area contributed by atoms with Gasteiger partial charge in [0.05, 0.1) is 26.4 Å². The third-order valence-corrected chi connectivity index (χ3v) is 19.7. The van der Waals surface area contributed by atoms with Crippen molar-refractivity contribution in [3.05, 3.63) is 0 Å². The van der Waals surface area contributed by atoms with Crippen LogP contribution >= 0.6 is 15.6 Å². The molecule has 0 heterocycles. The Morgan fingerprint density at radius 1 is 0.301 bits per heavy atom. The lowest BCUT2D eigenvalue weighted by atomic mass is 9.99. The number of esters is 4. The van der Waals surface area contributed by atoms with Crippen molar-refractivity contribution < 1.29 is 80.2 Å². The maximum atomic E-state index is 13.0. The van der Waals surface area contributed by atoms with E-state index in [-0.39, 0.29) is 25.7 Å². The normalized spacial score (nSPS) is 14.8. The van der Waals surface area contributed by atoms with Gasteiger partial charge in [-0.05, 0) is 49.4 Å². The van der Waals surface area contributed by atoms with Crippen LogP contribution in [0.4, 0.5) is 0 Å². The van der Waals surface area contributed by atoms with E-state index in [1.54, 1.807) is 0 Å². The number of carbonyl (C=O) groups excluding carboxylic acids is 4. The van der Waals surface area contributed by atoms with E-state index in [0.717, 1.165) is 120 Å². The van der Waals surface area contributed by atoms with E-state index in [4.69, 9.17) is 37.0 Å². The lowest BCUT2D eigenvalue weighted by molar-refractivity contribution is -0.161. The molecule has 0 aliphatic carbocycles. The van der Waals surface area contributed by atoms with Crippen LogP contribution in [-0.2, 0) is 65.4 Å². The number of phosphoric ester groups is 2. The summed E-state index contributed by atoms with van der Waals surface area (Å²) in [7, 11) is -9.91. The van der Waals surface area contributed by atoms with Crippen molar-refractivity contribution in [3.8, 4) is 0 Å². The fraction of sp³-hybridized carbons (Fsp3) is 0.946. The zero-order valence-electron chi connectivity index (χ0n) is 60.9. The monoisotopic (exact) mass is 1370 g/mol. The molecule has 0 spiro atoms. The quantitative estimate of drug-likeness (QED) is 0.0222. The van der Waals surface area contributed by atoms with Crippen molar-refractivity contribution in [1.29, 1.82) is 0 Å². The zero-order chi connectivity index (χ0) is 68.9. The summed E-state index contributed by atoms with van der Waals surface area (Å²) < 4.78 is 68.3. The number of ether oxygens (including phenoxy) is 4. The van der Waals surface area contributed by atoms with Crippen LogP contribution < -0.4 is 0 Å². The van der Waals surface area contributed by atoms with Gasteiger partial charge < -0.3 is 33.8 Å². The molecule has 0 aromatic rings. The number of aliphatic hydroxyl groups excluding tert-OH is 1. The Hall–Kier alpha value is -1.94. The molecule has 0 aliphatic rings. The molecule has 0 radical (unpaired) electrons. The summed E-state index contributed by atoms with van der Waals surface area (Å²) in [4.78, 5) is 72.6. The van der Waals surface area contributed by atoms with E-state index in [1.807, 2.05) is 0 Å². The molecule has 0 saturated heterocycles. The third-order valence-electron chi connectivity index (χ3n) is 17.8. The fourth-order valence-corrected chi connectivity index (χ4v) is 12.7. The molecule has 0 bridgehead atoms. The smallest absolute Gasteiger partial charge is 0.462 e. The summed E-state index contributed by atoms with van der Waals surface area (Å²) in [6, 6.07) is 0. The highest BCUT2D eigenvalue weighted by Crippen LogP contribution is 2.45. The van der Waals surface area contributed by atoms with E-state index >= 15 is 0 Å². The van der Waals surface area contributed by atoms with Crippen LogP contribution in [0.3, 0.4) is 0 Å². The number of unbranched alkanes of at least 4 members (excludes halogenated alkanes) is 35. The van der Waals surface area contributed by atoms with E-state index in [2.05, 4.69) is 55.4 Å². The fourth-order valence-electron chi connectivity index (χ4n) is 11.1. The molecule has 3 N–H and O–H groups in total. The highest BCUT2D eigenvalue weighted by molar-refractivity contribution is 7.47. The van der Waals surface area contributed by atoms with Crippen LogP contribution in [-0.4, -0.2) is 96.7 Å². The van der Waals surface area contributed by atoms with Gasteiger partial charge in [-0.2, -0.15) is 0 Å². The Labute approximate surface area is 568 Å². The maximum absolute atomic E-state index is 13.0.